The smallest absolute Gasteiger partial charge is 0.251 e. The summed E-state index contributed by atoms with van der Waals surface area (Å²) in [5.41, 5.74) is 1.54. The Hall–Kier alpha value is -1.42. The maximum atomic E-state index is 11.5. The number of carbonyl (C=O) groups is 1. The lowest BCUT2D eigenvalue weighted by molar-refractivity contribution is 0.0936. The van der Waals surface area contributed by atoms with Gasteiger partial charge >= 0.3 is 0 Å². The van der Waals surface area contributed by atoms with E-state index in [1.54, 1.807) is 25.6 Å². The highest BCUT2D eigenvalue weighted by molar-refractivity contribution is 5.95. The molecule has 4 heteroatoms. The van der Waals surface area contributed by atoms with Crippen LogP contribution in [0.25, 0.3) is 0 Å². The Morgan fingerprint density at radius 1 is 1.64 bits per heavy atom. The van der Waals surface area contributed by atoms with E-state index in [1.165, 1.54) is 0 Å². The van der Waals surface area contributed by atoms with Gasteiger partial charge in [0.25, 0.3) is 5.91 Å². The molecule has 0 spiro atoms. The fourth-order valence-corrected chi connectivity index (χ4v) is 1.09. The lowest BCUT2D eigenvalue weighted by Crippen LogP contribution is -2.27. The van der Waals surface area contributed by atoms with Crippen LogP contribution in [0.1, 0.15) is 15.9 Å². The number of nitrogens with zero attached hydrogens (tertiary/aromatic N) is 1. The van der Waals surface area contributed by atoms with E-state index >= 15 is 0 Å². The van der Waals surface area contributed by atoms with Crippen molar-refractivity contribution in [1.82, 2.24) is 10.3 Å². The largest absolute Gasteiger partial charge is 0.383 e. The lowest BCUT2D eigenvalue weighted by atomic mass is 10.1. The number of pyridine rings is 1. The standard InChI is InChI=1S/C10H14N2O2/c1-8-7-11-4-3-9(8)10(13)12-5-6-14-2/h3-4,7H,5-6H2,1-2H3,(H,12,13). The molecule has 0 aliphatic heterocycles. The van der Waals surface area contributed by atoms with Crippen molar-refractivity contribution in [3.63, 3.8) is 0 Å². The van der Waals surface area contributed by atoms with Crippen LogP contribution in [-0.2, 0) is 4.74 Å². The van der Waals surface area contributed by atoms with Gasteiger partial charge in [0, 0.05) is 31.6 Å². The van der Waals surface area contributed by atoms with Gasteiger partial charge in [-0.1, -0.05) is 0 Å². The van der Waals surface area contributed by atoms with Crippen molar-refractivity contribution in [3.8, 4) is 0 Å². The van der Waals surface area contributed by atoms with Crippen LogP contribution in [-0.4, -0.2) is 31.2 Å². The van der Waals surface area contributed by atoms with Crippen molar-refractivity contribution in [1.29, 1.82) is 0 Å². The third kappa shape index (κ3) is 2.81. The number of hydrogen-bond acceptors (Lipinski definition) is 3. The molecule has 1 amide bonds. The molecule has 1 aromatic rings. The Labute approximate surface area is 83.3 Å². The molecule has 1 rings (SSSR count). The van der Waals surface area contributed by atoms with E-state index in [2.05, 4.69) is 10.3 Å². The molecule has 14 heavy (non-hydrogen) atoms. The van der Waals surface area contributed by atoms with Crippen molar-refractivity contribution in [3.05, 3.63) is 29.6 Å². The number of aromatic nitrogens is 1. The number of ether oxygens (including phenoxy) is 1. The van der Waals surface area contributed by atoms with Crippen molar-refractivity contribution in [2.45, 2.75) is 6.92 Å². The number of carbonyl (C=O) groups excluding carboxylic acids is 1. The van der Waals surface area contributed by atoms with Crippen LogP contribution in [0.2, 0.25) is 0 Å². The Bertz CT molecular complexity index is 313. The average molecular weight is 194 g/mol. The Balaban J connectivity index is 2.56. The molecule has 0 aliphatic carbocycles. The van der Waals surface area contributed by atoms with Crippen molar-refractivity contribution < 1.29 is 9.53 Å². The van der Waals surface area contributed by atoms with Crippen LogP contribution >= 0.6 is 0 Å². The lowest BCUT2D eigenvalue weighted by Gasteiger charge is -2.05. The SMILES string of the molecule is COCCNC(=O)c1ccncc1C. The van der Waals surface area contributed by atoms with Gasteiger partial charge in [0.05, 0.1) is 6.61 Å². The van der Waals surface area contributed by atoms with Gasteiger partial charge in [-0.3, -0.25) is 9.78 Å². The van der Waals surface area contributed by atoms with E-state index in [9.17, 15) is 4.79 Å². The zero-order valence-corrected chi connectivity index (χ0v) is 8.41. The van der Waals surface area contributed by atoms with Gasteiger partial charge in [-0.2, -0.15) is 0 Å². The zero-order valence-electron chi connectivity index (χ0n) is 8.41. The van der Waals surface area contributed by atoms with E-state index in [4.69, 9.17) is 4.74 Å². The molecule has 1 aromatic heterocycles. The van der Waals surface area contributed by atoms with Crippen LogP contribution in [0, 0.1) is 6.92 Å². The van der Waals surface area contributed by atoms with Gasteiger partial charge < -0.3 is 10.1 Å². The molecule has 0 saturated heterocycles. The second-order valence-corrected chi connectivity index (χ2v) is 2.94. The molecule has 1 N–H and O–H groups in total. The molecule has 1 heterocycles. The van der Waals surface area contributed by atoms with Gasteiger partial charge in [-0.25, -0.2) is 0 Å². The number of aryl methyl sites for hydroxylation is 1. The third-order valence-corrected chi connectivity index (χ3v) is 1.86. The molecule has 0 fully saturated rings. The van der Waals surface area contributed by atoms with Gasteiger partial charge in [-0.15, -0.1) is 0 Å². The summed E-state index contributed by atoms with van der Waals surface area (Å²) in [6, 6.07) is 1.71. The summed E-state index contributed by atoms with van der Waals surface area (Å²) in [5, 5.41) is 2.75. The summed E-state index contributed by atoms with van der Waals surface area (Å²) in [5.74, 6) is -0.0815. The van der Waals surface area contributed by atoms with Crippen LogP contribution in [0.3, 0.4) is 0 Å². The summed E-state index contributed by atoms with van der Waals surface area (Å²) >= 11 is 0. The van der Waals surface area contributed by atoms with Crippen LogP contribution in [0.5, 0.6) is 0 Å². The molecule has 0 radical (unpaired) electrons. The zero-order chi connectivity index (χ0) is 10.4. The van der Waals surface area contributed by atoms with Crippen molar-refractivity contribution in [2.75, 3.05) is 20.3 Å². The summed E-state index contributed by atoms with van der Waals surface area (Å²) in [6.07, 6.45) is 3.28. The summed E-state index contributed by atoms with van der Waals surface area (Å²) < 4.78 is 4.83. The molecule has 0 atom stereocenters. The number of hydrogen-bond donors (Lipinski definition) is 1. The first kappa shape index (κ1) is 10.7. The van der Waals surface area contributed by atoms with E-state index in [-0.39, 0.29) is 5.91 Å². The maximum Gasteiger partial charge on any atom is 0.251 e. The predicted molar refractivity (Wildman–Crippen MR) is 53.2 cm³/mol. The minimum absolute atomic E-state index is 0.0815. The normalized spacial score (nSPS) is 9.86. The van der Waals surface area contributed by atoms with Crippen LogP contribution in [0.4, 0.5) is 0 Å². The summed E-state index contributed by atoms with van der Waals surface area (Å²) in [4.78, 5) is 15.5. The summed E-state index contributed by atoms with van der Waals surface area (Å²) in [7, 11) is 1.60. The van der Waals surface area contributed by atoms with Crippen molar-refractivity contribution >= 4 is 5.91 Å². The van der Waals surface area contributed by atoms with Crippen LogP contribution < -0.4 is 5.32 Å². The number of amides is 1. The quantitative estimate of drug-likeness (QED) is 0.720. The highest BCUT2D eigenvalue weighted by Gasteiger charge is 2.06. The first-order valence-corrected chi connectivity index (χ1v) is 4.43. The minimum Gasteiger partial charge on any atom is -0.383 e. The van der Waals surface area contributed by atoms with E-state index < -0.39 is 0 Å². The highest BCUT2D eigenvalue weighted by atomic mass is 16.5. The van der Waals surface area contributed by atoms with E-state index in [0.717, 1.165) is 5.56 Å². The maximum absolute atomic E-state index is 11.5. The second-order valence-electron chi connectivity index (χ2n) is 2.94. The Kier molecular flexibility index (Phi) is 4.07. The second kappa shape index (κ2) is 5.34. The predicted octanol–water partition coefficient (Wildman–Crippen LogP) is 0.766. The Morgan fingerprint density at radius 3 is 3.07 bits per heavy atom. The fourth-order valence-electron chi connectivity index (χ4n) is 1.09. The number of nitrogens with one attached hydrogen (secondary N) is 1. The van der Waals surface area contributed by atoms with Gasteiger partial charge in [-0.05, 0) is 18.6 Å². The molecule has 0 aliphatic rings. The van der Waals surface area contributed by atoms with E-state index in [0.29, 0.717) is 18.7 Å². The first-order valence-electron chi connectivity index (χ1n) is 4.43. The Morgan fingerprint density at radius 2 is 2.43 bits per heavy atom. The average Bonchev–Trinajstić information content (AvgIpc) is 2.18. The molecule has 4 nitrogen and oxygen atoms in total. The van der Waals surface area contributed by atoms with E-state index in [1.807, 2.05) is 6.92 Å². The molecule has 0 bridgehead atoms. The molecular weight excluding hydrogens is 180 g/mol. The highest BCUT2D eigenvalue weighted by Crippen LogP contribution is 2.03. The third-order valence-electron chi connectivity index (χ3n) is 1.86. The number of rotatable bonds is 4. The van der Waals surface area contributed by atoms with Crippen molar-refractivity contribution in [2.24, 2.45) is 0 Å². The summed E-state index contributed by atoms with van der Waals surface area (Å²) in [6.45, 7) is 2.91. The molecule has 0 aromatic carbocycles. The first-order chi connectivity index (χ1) is 6.75. The van der Waals surface area contributed by atoms with Gasteiger partial charge in [0.2, 0.25) is 0 Å². The fraction of sp³-hybridized carbons (Fsp3) is 0.400. The molecule has 0 unspecified atom stereocenters. The number of methoxy groups -OCH3 is 1. The monoisotopic (exact) mass is 194 g/mol. The van der Waals surface area contributed by atoms with Gasteiger partial charge in [0.15, 0.2) is 0 Å². The molecule has 76 valence electrons. The minimum atomic E-state index is -0.0815. The molecular formula is C10H14N2O2. The van der Waals surface area contributed by atoms with Gasteiger partial charge in [0.1, 0.15) is 0 Å². The molecule has 0 saturated carbocycles. The topological polar surface area (TPSA) is 51.2 Å². The van der Waals surface area contributed by atoms with Crippen LogP contribution in [0.15, 0.2) is 18.5 Å².